The van der Waals surface area contributed by atoms with Gasteiger partial charge in [0, 0.05) is 29.2 Å². The van der Waals surface area contributed by atoms with Gasteiger partial charge in [-0.1, -0.05) is 74.4 Å². The third-order valence-electron chi connectivity index (χ3n) is 5.04. The van der Waals surface area contributed by atoms with Crippen molar-refractivity contribution in [3.8, 4) is 5.75 Å². The molecule has 0 aliphatic heterocycles. The molecule has 0 fully saturated rings. The van der Waals surface area contributed by atoms with Gasteiger partial charge in [0.25, 0.3) is 0 Å². The molecule has 2 rings (SSSR count). The Kier molecular flexibility index (Phi) is 10.6. The van der Waals surface area contributed by atoms with Crippen LogP contribution in [0.2, 0.25) is 0 Å². The van der Waals surface area contributed by atoms with Gasteiger partial charge in [-0.25, -0.2) is 0 Å². The zero-order valence-corrected chi connectivity index (χ0v) is 23.6. The summed E-state index contributed by atoms with van der Waals surface area (Å²) in [5, 5.41) is 13.4. The van der Waals surface area contributed by atoms with Gasteiger partial charge in [-0.15, -0.1) is 0 Å². The van der Waals surface area contributed by atoms with E-state index in [1.807, 2.05) is 7.05 Å². The number of phenols is 1. The minimum atomic E-state index is -0.556. The van der Waals surface area contributed by atoms with E-state index in [1.54, 1.807) is 0 Å². The number of rotatable bonds is 3. The van der Waals surface area contributed by atoms with Crippen molar-refractivity contribution in [3.05, 3.63) is 52.6 Å². The summed E-state index contributed by atoms with van der Waals surface area (Å²) in [5.41, 5.74) is 5.66. The molecule has 2 aromatic carbocycles. The normalized spacial score (nSPS) is 12.7. The predicted octanol–water partition coefficient (Wildman–Crippen LogP) is 6.74. The Labute approximate surface area is 201 Å². The molecule has 0 radical (unpaired) electrons. The number of aromatic hydroxyl groups is 1. The molecule has 164 valence electrons. The molecule has 1 N–H and O–H groups in total. The summed E-state index contributed by atoms with van der Waals surface area (Å²) in [5.74, 6) is 0.439. The van der Waals surface area contributed by atoms with E-state index in [4.69, 9.17) is 18.6 Å². The molecular formula is C24H34Cl2NOPTi. The van der Waals surface area contributed by atoms with Crippen molar-refractivity contribution >= 4 is 43.5 Å². The fourth-order valence-corrected chi connectivity index (χ4v) is 4.55. The summed E-state index contributed by atoms with van der Waals surface area (Å²) in [4.78, 5) is 4.40. The molecular weight excluding hydrogens is 468 g/mol. The van der Waals surface area contributed by atoms with Crippen LogP contribution >= 0.6 is 27.2 Å². The summed E-state index contributed by atoms with van der Waals surface area (Å²) in [7, 11) is 12.0. The Morgan fingerprint density at radius 1 is 1.03 bits per heavy atom. The molecule has 2 aromatic rings. The second kappa shape index (κ2) is 11.5. The third-order valence-corrected chi connectivity index (χ3v) is 6.61. The Balaban J connectivity index is 0.00000141. The zero-order chi connectivity index (χ0) is 23.3. The van der Waals surface area contributed by atoms with Crippen molar-refractivity contribution in [2.45, 2.75) is 66.2 Å². The van der Waals surface area contributed by atoms with Gasteiger partial charge >= 0.3 is 35.6 Å². The monoisotopic (exact) mass is 501 g/mol. The van der Waals surface area contributed by atoms with E-state index in [0.29, 0.717) is 14.3 Å². The van der Waals surface area contributed by atoms with Crippen LogP contribution in [-0.4, -0.2) is 17.9 Å². The number of hydrogen-bond acceptors (Lipinski definition) is 2. The number of aliphatic imine (C=N–C) groups is 1. The van der Waals surface area contributed by atoms with Gasteiger partial charge in [0.15, 0.2) is 0 Å². The van der Waals surface area contributed by atoms with E-state index >= 15 is 0 Å². The molecule has 0 heterocycles. The van der Waals surface area contributed by atoms with Crippen LogP contribution in [0, 0.1) is 6.92 Å². The van der Waals surface area contributed by atoms with Crippen molar-refractivity contribution < 1.29 is 22.1 Å². The summed E-state index contributed by atoms with van der Waals surface area (Å²) < 4.78 is 0. The van der Waals surface area contributed by atoms with Crippen LogP contribution in [0.4, 0.5) is 0 Å². The molecule has 6 heteroatoms. The van der Waals surface area contributed by atoms with Gasteiger partial charge in [0.05, 0.1) is 0 Å². The zero-order valence-electron chi connectivity index (χ0n) is 19.5. The van der Waals surface area contributed by atoms with E-state index in [9.17, 15) is 5.11 Å². The molecule has 0 saturated heterocycles. The second-order valence-corrected chi connectivity index (χ2v) is 13.3. The number of nitrogens with zero attached hydrogens (tertiary/aromatic N) is 1. The van der Waals surface area contributed by atoms with Crippen LogP contribution in [0.15, 0.2) is 35.3 Å². The summed E-state index contributed by atoms with van der Waals surface area (Å²) in [6.07, 6.45) is 0. The second-order valence-electron chi connectivity index (χ2n) is 9.42. The molecule has 1 unspecified atom stereocenters. The first-order valence-corrected chi connectivity index (χ1v) is 15.2. The maximum absolute atomic E-state index is 11.1. The van der Waals surface area contributed by atoms with E-state index in [2.05, 4.69) is 90.7 Å². The number of halogens is 2. The summed E-state index contributed by atoms with van der Waals surface area (Å²) in [6.45, 7) is 17.4. The standard InChI is InChI=1S/C24H34NOP.2ClH.Ti/c1-15-11-10-12-18(16(2)25-9)22(15)27-20-14-17(23(3,4)5)13-19(21(20)26)24(6,7)8;;;/h10-14,26-27H,1-9H3;2*1H;/q;;;+2/p-2. The molecule has 2 nitrogen and oxygen atoms in total. The first-order chi connectivity index (χ1) is 13.8. The Morgan fingerprint density at radius 2 is 1.60 bits per heavy atom. The Morgan fingerprint density at radius 3 is 2.07 bits per heavy atom. The molecule has 0 bridgehead atoms. The molecule has 0 saturated carbocycles. The summed E-state index contributed by atoms with van der Waals surface area (Å²) >= 11 is -0.556. The fourth-order valence-electron chi connectivity index (χ4n) is 3.12. The van der Waals surface area contributed by atoms with Crippen molar-refractivity contribution in [2.75, 3.05) is 7.05 Å². The van der Waals surface area contributed by atoms with Gasteiger partial charge in [-0.2, -0.15) is 0 Å². The van der Waals surface area contributed by atoms with Crippen LogP contribution in [0.25, 0.3) is 0 Å². The predicted molar refractivity (Wildman–Crippen MR) is 134 cm³/mol. The minimum absolute atomic E-state index is 0.0300. The number of aryl methyl sites for hydroxylation is 1. The molecule has 0 aromatic heterocycles. The SMILES string of the molecule is CN=C(C)c1cccc(C)c1Pc1cc(C(C)(C)C)cc(C(C)(C)C)c1O.[Cl][Ti][Cl]. The third kappa shape index (κ3) is 7.35. The van der Waals surface area contributed by atoms with Crippen LogP contribution < -0.4 is 10.6 Å². The quantitative estimate of drug-likeness (QED) is 0.282. The van der Waals surface area contributed by atoms with E-state index in [1.165, 1.54) is 22.0 Å². The summed E-state index contributed by atoms with van der Waals surface area (Å²) in [6, 6.07) is 10.7. The van der Waals surface area contributed by atoms with Gasteiger partial charge in [-0.05, 0) is 47.2 Å². The van der Waals surface area contributed by atoms with Crippen LogP contribution in [0.3, 0.4) is 0 Å². The molecule has 0 spiro atoms. The van der Waals surface area contributed by atoms with Gasteiger partial charge in [-0.3, -0.25) is 4.99 Å². The van der Waals surface area contributed by atoms with Crippen molar-refractivity contribution in [1.29, 1.82) is 0 Å². The van der Waals surface area contributed by atoms with Crippen LogP contribution in [0.5, 0.6) is 5.75 Å². The van der Waals surface area contributed by atoms with Gasteiger partial charge in [0.2, 0.25) is 0 Å². The van der Waals surface area contributed by atoms with E-state index in [-0.39, 0.29) is 10.8 Å². The first-order valence-electron chi connectivity index (χ1n) is 9.92. The fraction of sp³-hybridized carbons (Fsp3) is 0.458. The van der Waals surface area contributed by atoms with Crippen molar-refractivity contribution in [3.63, 3.8) is 0 Å². The van der Waals surface area contributed by atoms with Crippen molar-refractivity contribution in [2.24, 2.45) is 4.99 Å². The van der Waals surface area contributed by atoms with Crippen LogP contribution in [-0.2, 0) is 27.9 Å². The van der Waals surface area contributed by atoms with Gasteiger partial charge < -0.3 is 5.11 Å². The molecule has 1 atom stereocenters. The number of benzene rings is 2. The van der Waals surface area contributed by atoms with E-state index in [0.717, 1.165) is 16.6 Å². The molecule has 0 aliphatic carbocycles. The number of hydrogen-bond donors (Lipinski definition) is 1. The molecule has 0 aliphatic rings. The van der Waals surface area contributed by atoms with Crippen molar-refractivity contribution in [1.82, 2.24) is 0 Å². The first kappa shape index (κ1) is 27.7. The van der Waals surface area contributed by atoms with Crippen LogP contribution in [0.1, 0.15) is 70.7 Å². The number of phenolic OH excluding ortho intramolecular Hbond substituents is 1. The van der Waals surface area contributed by atoms with E-state index < -0.39 is 17.0 Å². The molecule has 0 amide bonds. The maximum atomic E-state index is 11.1. The topological polar surface area (TPSA) is 32.6 Å². The molecule has 30 heavy (non-hydrogen) atoms. The Bertz CT molecular complexity index is 899. The average molecular weight is 502 g/mol. The van der Waals surface area contributed by atoms with Gasteiger partial charge in [0.1, 0.15) is 5.75 Å². The average Bonchev–Trinajstić information content (AvgIpc) is 2.62. The Hall–Kier alpha value is -0.366.